The van der Waals surface area contributed by atoms with Crippen LogP contribution in [-0.4, -0.2) is 32.8 Å². The molecule has 25 heavy (non-hydrogen) atoms. The lowest BCUT2D eigenvalue weighted by Crippen LogP contribution is -2.35. The summed E-state index contributed by atoms with van der Waals surface area (Å²) in [6, 6.07) is 9.05. The average Bonchev–Trinajstić information content (AvgIpc) is 3.26. The topological polar surface area (TPSA) is 46.8 Å². The maximum atomic E-state index is 4.84. The molecule has 0 aliphatic carbocycles. The van der Waals surface area contributed by atoms with Gasteiger partial charge in [-0.05, 0) is 31.4 Å². The fourth-order valence-electron chi connectivity index (χ4n) is 3.75. The van der Waals surface area contributed by atoms with E-state index in [1.807, 2.05) is 0 Å². The van der Waals surface area contributed by atoms with Crippen molar-refractivity contribution < 1.29 is 0 Å². The van der Waals surface area contributed by atoms with Gasteiger partial charge < -0.3 is 9.47 Å². The van der Waals surface area contributed by atoms with E-state index in [1.54, 1.807) is 11.3 Å². The molecule has 0 amide bonds. The molecule has 3 aromatic rings. The van der Waals surface area contributed by atoms with Gasteiger partial charge in [-0.1, -0.05) is 37.3 Å². The van der Waals surface area contributed by atoms with E-state index in [0.29, 0.717) is 6.04 Å². The van der Waals surface area contributed by atoms with E-state index < -0.39 is 0 Å². The first kappa shape index (κ1) is 16.5. The van der Waals surface area contributed by atoms with Gasteiger partial charge in [0, 0.05) is 32.0 Å². The first-order valence-electron chi connectivity index (χ1n) is 9.33. The molecule has 0 spiro atoms. The number of benzene rings is 1. The normalized spacial score (nSPS) is 16.0. The van der Waals surface area contributed by atoms with Crippen molar-refractivity contribution in [2.75, 3.05) is 18.0 Å². The van der Waals surface area contributed by atoms with Crippen molar-refractivity contribution in [3.05, 3.63) is 35.1 Å². The summed E-state index contributed by atoms with van der Waals surface area (Å²) in [5, 5.41) is 11.0. The summed E-state index contributed by atoms with van der Waals surface area (Å²) in [6.45, 7) is 6.47. The first-order valence-corrected chi connectivity index (χ1v) is 10.1. The number of hydrogen-bond donors (Lipinski definition) is 0. The quantitative estimate of drug-likeness (QED) is 0.687. The van der Waals surface area contributed by atoms with E-state index in [-0.39, 0.29) is 0 Å². The zero-order valence-electron chi connectivity index (χ0n) is 15.0. The minimum absolute atomic E-state index is 0.529. The van der Waals surface area contributed by atoms with Gasteiger partial charge in [0.2, 0.25) is 5.13 Å². The highest BCUT2D eigenvalue weighted by Gasteiger charge is 2.25. The van der Waals surface area contributed by atoms with Crippen LogP contribution in [0.2, 0.25) is 0 Å². The molecule has 1 fully saturated rings. The number of nitrogens with zero attached hydrogens (tertiary/aromatic N) is 5. The van der Waals surface area contributed by atoms with Crippen molar-refractivity contribution in [2.45, 2.75) is 52.0 Å². The van der Waals surface area contributed by atoms with Crippen LogP contribution < -0.4 is 4.90 Å². The van der Waals surface area contributed by atoms with Gasteiger partial charge in [-0.25, -0.2) is 4.98 Å². The van der Waals surface area contributed by atoms with Gasteiger partial charge in [0.05, 0.1) is 11.0 Å². The Morgan fingerprint density at radius 1 is 1.12 bits per heavy atom. The van der Waals surface area contributed by atoms with Gasteiger partial charge >= 0.3 is 0 Å². The Hall–Kier alpha value is -1.95. The van der Waals surface area contributed by atoms with Crippen molar-refractivity contribution in [3.63, 3.8) is 0 Å². The van der Waals surface area contributed by atoms with E-state index >= 15 is 0 Å². The molecule has 6 heteroatoms. The molecule has 0 saturated carbocycles. The fourth-order valence-corrected chi connectivity index (χ4v) is 4.75. The van der Waals surface area contributed by atoms with Crippen LogP contribution in [0.3, 0.4) is 0 Å². The van der Waals surface area contributed by atoms with Gasteiger partial charge in [0.25, 0.3) is 0 Å². The van der Waals surface area contributed by atoms with Crippen molar-refractivity contribution in [2.24, 2.45) is 0 Å². The predicted octanol–water partition coefficient (Wildman–Crippen LogP) is 4.24. The molecule has 0 unspecified atom stereocenters. The average molecular weight is 356 g/mol. The van der Waals surface area contributed by atoms with E-state index in [2.05, 4.69) is 57.8 Å². The zero-order valence-corrected chi connectivity index (χ0v) is 15.8. The summed E-state index contributed by atoms with van der Waals surface area (Å²) in [5.74, 6) is 1.21. The summed E-state index contributed by atoms with van der Waals surface area (Å²) >= 11 is 1.76. The number of aryl methyl sites for hydroxylation is 2. The summed E-state index contributed by atoms with van der Waals surface area (Å²) in [7, 11) is 0. The highest BCUT2D eigenvalue weighted by molar-refractivity contribution is 7.15. The van der Waals surface area contributed by atoms with Crippen molar-refractivity contribution >= 4 is 27.5 Å². The van der Waals surface area contributed by atoms with Crippen LogP contribution in [0.1, 0.15) is 50.0 Å². The number of rotatable bonds is 5. The lowest BCUT2D eigenvalue weighted by molar-refractivity contribution is 0.394. The van der Waals surface area contributed by atoms with Crippen molar-refractivity contribution in [3.8, 4) is 0 Å². The van der Waals surface area contributed by atoms with Crippen LogP contribution in [0.4, 0.5) is 5.13 Å². The number of anilines is 1. The molecule has 3 heterocycles. The second-order valence-electron chi connectivity index (χ2n) is 6.69. The SMILES string of the molecule is CCCc1nnc(N2CCC(n3c(CC)nc4ccccc43)CC2)s1. The third kappa shape index (κ3) is 3.15. The largest absolute Gasteiger partial charge is 0.347 e. The second kappa shape index (κ2) is 7.12. The molecular weight excluding hydrogens is 330 g/mol. The van der Waals surface area contributed by atoms with Crippen LogP contribution in [0.25, 0.3) is 11.0 Å². The molecule has 0 bridgehead atoms. The molecular formula is C19H25N5S. The maximum absolute atomic E-state index is 4.84. The number of fused-ring (bicyclic) bond motifs is 1. The highest BCUT2D eigenvalue weighted by atomic mass is 32.1. The Morgan fingerprint density at radius 3 is 2.68 bits per heavy atom. The lowest BCUT2D eigenvalue weighted by atomic mass is 10.0. The Bertz CT molecular complexity index is 844. The molecule has 1 aliphatic heterocycles. The Balaban J connectivity index is 1.52. The van der Waals surface area contributed by atoms with E-state index in [4.69, 9.17) is 4.98 Å². The summed E-state index contributed by atoms with van der Waals surface area (Å²) in [6.07, 6.45) is 5.41. The second-order valence-corrected chi connectivity index (χ2v) is 7.73. The third-order valence-corrected chi connectivity index (χ3v) is 6.05. The molecule has 1 aliphatic rings. The van der Waals surface area contributed by atoms with Crippen LogP contribution >= 0.6 is 11.3 Å². The lowest BCUT2D eigenvalue weighted by Gasteiger charge is -2.33. The van der Waals surface area contributed by atoms with Crippen LogP contribution in [0.15, 0.2) is 24.3 Å². The Labute approximate surface area is 152 Å². The minimum Gasteiger partial charge on any atom is -0.347 e. The van der Waals surface area contributed by atoms with E-state index in [0.717, 1.165) is 60.8 Å². The fraction of sp³-hybridized carbons (Fsp3) is 0.526. The Morgan fingerprint density at radius 2 is 1.92 bits per heavy atom. The summed E-state index contributed by atoms with van der Waals surface area (Å²) in [4.78, 5) is 7.24. The highest BCUT2D eigenvalue weighted by Crippen LogP contribution is 2.32. The Kier molecular flexibility index (Phi) is 4.70. The van der Waals surface area contributed by atoms with E-state index in [1.165, 1.54) is 11.3 Å². The smallest absolute Gasteiger partial charge is 0.208 e. The van der Waals surface area contributed by atoms with Gasteiger partial charge in [-0.2, -0.15) is 0 Å². The molecule has 132 valence electrons. The predicted molar refractivity (Wildman–Crippen MR) is 103 cm³/mol. The van der Waals surface area contributed by atoms with Crippen molar-refractivity contribution in [1.29, 1.82) is 0 Å². The number of imidazole rings is 1. The molecule has 1 aromatic carbocycles. The van der Waals surface area contributed by atoms with Gasteiger partial charge in [-0.15, -0.1) is 10.2 Å². The molecule has 2 aromatic heterocycles. The molecule has 1 saturated heterocycles. The number of aromatic nitrogens is 4. The summed E-state index contributed by atoms with van der Waals surface area (Å²) in [5.41, 5.74) is 2.40. The number of piperidine rings is 1. The van der Waals surface area contributed by atoms with Crippen LogP contribution in [0.5, 0.6) is 0 Å². The third-order valence-electron chi connectivity index (χ3n) is 5.01. The van der Waals surface area contributed by atoms with Crippen LogP contribution in [0, 0.1) is 0 Å². The summed E-state index contributed by atoms with van der Waals surface area (Å²) < 4.78 is 2.48. The molecule has 4 rings (SSSR count). The zero-order chi connectivity index (χ0) is 17.2. The molecule has 0 atom stereocenters. The minimum atomic E-state index is 0.529. The van der Waals surface area contributed by atoms with E-state index in [9.17, 15) is 0 Å². The van der Waals surface area contributed by atoms with Crippen LogP contribution in [-0.2, 0) is 12.8 Å². The number of hydrogen-bond acceptors (Lipinski definition) is 5. The van der Waals surface area contributed by atoms with Crippen molar-refractivity contribution in [1.82, 2.24) is 19.7 Å². The van der Waals surface area contributed by atoms with Gasteiger partial charge in [0.15, 0.2) is 0 Å². The molecule has 0 radical (unpaired) electrons. The standard InChI is InChI=1S/C19H25N5S/c1-3-7-18-21-22-19(25-18)23-12-10-14(11-13-23)24-16-9-6-5-8-15(16)20-17(24)4-2/h5-6,8-9,14H,3-4,7,10-13H2,1-2H3. The monoisotopic (exact) mass is 355 g/mol. The molecule has 0 N–H and O–H groups in total. The first-order chi connectivity index (χ1) is 12.3. The van der Waals surface area contributed by atoms with Gasteiger partial charge in [0.1, 0.15) is 10.8 Å². The van der Waals surface area contributed by atoms with Gasteiger partial charge in [-0.3, -0.25) is 0 Å². The molecule has 5 nitrogen and oxygen atoms in total. The number of para-hydroxylation sites is 2. The maximum Gasteiger partial charge on any atom is 0.208 e.